The molecule has 43 heavy (non-hydrogen) atoms. The van der Waals surface area contributed by atoms with E-state index in [2.05, 4.69) is 34.0 Å². The minimum absolute atomic E-state index is 0.0679. The van der Waals surface area contributed by atoms with Crippen molar-refractivity contribution in [2.75, 3.05) is 33.9 Å². The zero-order chi connectivity index (χ0) is 33.1. The van der Waals surface area contributed by atoms with Gasteiger partial charge in [-0.25, -0.2) is 4.57 Å². The van der Waals surface area contributed by atoms with Crippen molar-refractivity contribution in [3.63, 3.8) is 0 Å². The van der Waals surface area contributed by atoms with Crippen molar-refractivity contribution in [2.45, 2.75) is 104 Å². The molecular weight excluding hydrogens is 586 g/mol. The molecule has 0 aromatic carbocycles. The van der Waals surface area contributed by atoms with E-state index in [0.29, 0.717) is 13.0 Å². The quantitative estimate of drug-likeness (QED) is 0.0184. The first-order valence-electron chi connectivity index (χ1n) is 14.9. The molecule has 0 rings (SSSR count). The van der Waals surface area contributed by atoms with Gasteiger partial charge in [0.15, 0.2) is 6.61 Å². The van der Waals surface area contributed by atoms with Gasteiger partial charge in [0.05, 0.1) is 19.1 Å². The van der Waals surface area contributed by atoms with Crippen LogP contribution in [0, 0.1) is 5.92 Å². The topological polar surface area (TPSA) is 176 Å². The minimum atomic E-state index is -4.76. The average Bonchev–Trinajstić information content (AvgIpc) is 2.96. The number of carbonyl (C=O) groups excluding carboxylic acids is 3. The van der Waals surface area contributed by atoms with E-state index in [1.807, 2.05) is 0 Å². The van der Waals surface area contributed by atoms with Crippen LogP contribution in [0.5, 0.6) is 0 Å². The Balaban J connectivity index is 0. The van der Waals surface area contributed by atoms with Gasteiger partial charge in [0.25, 0.3) is 12.4 Å². The fourth-order valence-corrected chi connectivity index (χ4v) is 3.61. The summed E-state index contributed by atoms with van der Waals surface area (Å²) in [5.41, 5.74) is 0. The molecule has 3 unspecified atom stereocenters. The molecule has 0 fully saturated rings. The summed E-state index contributed by atoms with van der Waals surface area (Å²) in [6.07, 6.45) is 13.5. The van der Waals surface area contributed by atoms with Crippen LogP contribution in [0.4, 0.5) is 4.39 Å². The SMILES string of the molecule is CCC(C)C(COP(=O)(O)O)OC(F)N(C)/C=C\C(=NC=O)NC(=O)COC(=O)CCNC.CCCCCCCCCC. The summed E-state index contributed by atoms with van der Waals surface area (Å²) >= 11 is 0. The third-order valence-electron chi connectivity index (χ3n) is 6.12. The minimum Gasteiger partial charge on any atom is -0.456 e. The van der Waals surface area contributed by atoms with Crippen molar-refractivity contribution in [2.24, 2.45) is 10.9 Å². The van der Waals surface area contributed by atoms with Crippen molar-refractivity contribution in [3.05, 3.63) is 12.3 Å². The first-order valence-corrected chi connectivity index (χ1v) is 16.4. The lowest BCUT2D eigenvalue weighted by Crippen LogP contribution is -2.36. The Bertz CT molecular complexity index is 850. The van der Waals surface area contributed by atoms with Gasteiger partial charge in [-0.15, -0.1) is 0 Å². The molecule has 0 saturated carbocycles. The number of amides is 2. The number of amidine groups is 1. The van der Waals surface area contributed by atoms with Gasteiger partial charge >= 0.3 is 13.8 Å². The molecule has 2 amide bonds. The van der Waals surface area contributed by atoms with Crippen LogP contribution in [0.15, 0.2) is 17.3 Å². The molecule has 0 radical (unpaired) electrons. The zero-order valence-electron chi connectivity index (χ0n) is 26.6. The van der Waals surface area contributed by atoms with Gasteiger partial charge in [-0.1, -0.05) is 85.5 Å². The van der Waals surface area contributed by atoms with Crippen molar-refractivity contribution in [3.8, 4) is 0 Å². The first-order chi connectivity index (χ1) is 20.3. The summed E-state index contributed by atoms with van der Waals surface area (Å²) in [6, 6.07) is 0. The van der Waals surface area contributed by atoms with Gasteiger partial charge in [-0.05, 0) is 19.0 Å². The van der Waals surface area contributed by atoms with E-state index >= 15 is 0 Å². The van der Waals surface area contributed by atoms with Gasteiger partial charge in [0.1, 0.15) is 5.84 Å². The standard InChI is InChI=1S/C18H32FN4O9P.C10H22/c1-5-13(2)14(10-31-33(27,28)29)32-18(19)23(4)9-7-15(21-12-24)22-16(25)11-30-17(26)6-8-20-3;1-3-5-7-9-10-8-6-4-2/h7,9,12-14,18,20H,5-6,8,10-11H2,1-4H3,(H2,27,28,29)(H,21,22,24,25);3-10H2,1-2H3/b9-7-;. The van der Waals surface area contributed by atoms with E-state index in [4.69, 9.17) is 19.3 Å². The summed E-state index contributed by atoms with van der Waals surface area (Å²) in [5, 5.41) is 4.98. The van der Waals surface area contributed by atoms with Crippen molar-refractivity contribution in [1.82, 2.24) is 15.5 Å². The molecule has 252 valence electrons. The summed E-state index contributed by atoms with van der Waals surface area (Å²) in [6.45, 7) is 5.22. The summed E-state index contributed by atoms with van der Waals surface area (Å²) in [7, 11) is -1.82. The maximum Gasteiger partial charge on any atom is 0.469 e. The lowest BCUT2D eigenvalue weighted by molar-refractivity contribution is -0.172. The molecular formula is C28H54FN4O9P. The number of unbranched alkanes of at least 4 members (excludes halogenated alkanes) is 7. The Morgan fingerprint density at radius 2 is 1.65 bits per heavy atom. The van der Waals surface area contributed by atoms with Crippen LogP contribution in [-0.4, -0.2) is 85.2 Å². The lowest BCUT2D eigenvalue weighted by Gasteiger charge is -2.28. The van der Waals surface area contributed by atoms with E-state index < -0.39 is 45.5 Å². The second-order valence-corrected chi connectivity index (χ2v) is 11.2. The zero-order valence-corrected chi connectivity index (χ0v) is 27.5. The monoisotopic (exact) mass is 640 g/mol. The Labute approximate surface area is 256 Å². The second kappa shape index (κ2) is 27.3. The number of phosphoric acid groups is 1. The van der Waals surface area contributed by atoms with Crippen LogP contribution in [0.1, 0.15) is 91.9 Å². The van der Waals surface area contributed by atoms with Crippen LogP contribution in [0.2, 0.25) is 0 Å². The molecule has 0 aliphatic rings. The Morgan fingerprint density at radius 3 is 2.14 bits per heavy atom. The number of halogens is 1. The molecule has 15 heteroatoms. The number of carbonyl (C=O) groups is 3. The van der Waals surface area contributed by atoms with Crippen molar-refractivity contribution < 1.29 is 47.1 Å². The van der Waals surface area contributed by atoms with Gasteiger partial charge < -0.3 is 34.8 Å². The number of hydrogen-bond acceptors (Lipinski definition) is 9. The number of hydrogen-bond donors (Lipinski definition) is 4. The Morgan fingerprint density at radius 1 is 1.07 bits per heavy atom. The maximum atomic E-state index is 14.5. The molecule has 0 bridgehead atoms. The second-order valence-electron chi connectivity index (χ2n) is 9.92. The summed E-state index contributed by atoms with van der Waals surface area (Å²) < 4.78 is 39.8. The number of aliphatic imine (C=N–C) groups is 1. The third kappa shape index (κ3) is 27.1. The predicted octanol–water partition coefficient (Wildman–Crippen LogP) is 4.20. The average molecular weight is 641 g/mol. The molecule has 0 saturated heterocycles. The highest BCUT2D eigenvalue weighted by atomic mass is 31.2. The van der Waals surface area contributed by atoms with Crippen LogP contribution in [-0.2, 0) is 32.9 Å². The van der Waals surface area contributed by atoms with E-state index in [1.54, 1.807) is 20.9 Å². The molecule has 3 atom stereocenters. The molecule has 0 spiro atoms. The molecule has 0 aromatic heterocycles. The number of nitrogens with one attached hydrogen (secondary N) is 2. The number of alkyl halides is 1. The lowest BCUT2D eigenvalue weighted by atomic mass is 10.0. The highest BCUT2D eigenvalue weighted by Gasteiger charge is 2.26. The number of rotatable bonds is 23. The Hall–Kier alpha value is -2.22. The normalized spacial score (nSPS) is 13.9. The Kier molecular flexibility index (Phi) is 27.3. The highest BCUT2D eigenvalue weighted by molar-refractivity contribution is 7.46. The number of phosphoric ester groups is 1. The molecule has 4 N–H and O–H groups in total. The van der Waals surface area contributed by atoms with Crippen LogP contribution < -0.4 is 10.6 Å². The third-order valence-corrected chi connectivity index (χ3v) is 6.61. The van der Waals surface area contributed by atoms with Gasteiger partial charge in [-0.2, -0.15) is 9.38 Å². The predicted molar refractivity (Wildman–Crippen MR) is 164 cm³/mol. The summed E-state index contributed by atoms with van der Waals surface area (Å²) in [5.74, 6) is -1.89. The number of nitrogens with zero attached hydrogens (tertiary/aromatic N) is 2. The summed E-state index contributed by atoms with van der Waals surface area (Å²) in [4.78, 5) is 56.0. The largest absolute Gasteiger partial charge is 0.469 e. The molecule has 13 nitrogen and oxygen atoms in total. The fraction of sp³-hybridized carbons (Fsp3) is 0.786. The number of esters is 1. The van der Waals surface area contributed by atoms with Crippen molar-refractivity contribution >= 4 is 31.9 Å². The van der Waals surface area contributed by atoms with Crippen LogP contribution in [0.3, 0.4) is 0 Å². The molecule has 0 aliphatic carbocycles. The number of ether oxygens (including phenoxy) is 2. The smallest absolute Gasteiger partial charge is 0.456 e. The first kappa shape index (κ1) is 42.9. The fourth-order valence-electron chi connectivity index (χ4n) is 3.27. The van der Waals surface area contributed by atoms with E-state index in [1.165, 1.54) is 58.4 Å². The van der Waals surface area contributed by atoms with E-state index in [0.717, 1.165) is 17.2 Å². The highest BCUT2D eigenvalue weighted by Crippen LogP contribution is 2.36. The van der Waals surface area contributed by atoms with Gasteiger partial charge in [-0.3, -0.25) is 18.9 Å². The van der Waals surface area contributed by atoms with E-state index in [9.17, 15) is 23.3 Å². The molecule has 0 heterocycles. The van der Waals surface area contributed by atoms with E-state index in [-0.39, 0.29) is 24.6 Å². The maximum absolute atomic E-state index is 14.5. The van der Waals surface area contributed by atoms with Crippen molar-refractivity contribution in [1.29, 1.82) is 0 Å². The molecule has 0 aliphatic heterocycles. The van der Waals surface area contributed by atoms with Crippen LogP contribution >= 0.6 is 7.82 Å². The van der Waals surface area contributed by atoms with Crippen LogP contribution in [0.25, 0.3) is 0 Å². The van der Waals surface area contributed by atoms with Gasteiger partial charge in [0.2, 0.25) is 6.41 Å². The van der Waals surface area contributed by atoms with Gasteiger partial charge in [0, 0.05) is 19.8 Å². The molecule has 0 aromatic rings.